The molecule has 0 radical (unpaired) electrons. The standard InChI is InChI=1S/C21H29BrO5S/c22-20-12-10-15(28-20)9-7-14(23)8-11-17-16(18(24)13-19(17)25)5-3-1-2-4-6-21(26)27/h1,3,8,10-12,14,16-19,23-25H,2,4-7,9,13H2,(H,26,27)/b3-1-,11-8+/t14-,16+,17+,18-,19+/m0/s1. The van der Waals surface area contributed by atoms with Gasteiger partial charge in [0.05, 0.1) is 22.1 Å². The van der Waals surface area contributed by atoms with E-state index in [2.05, 4.69) is 15.9 Å². The summed E-state index contributed by atoms with van der Waals surface area (Å²) in [5.41, 5.74) is 0. The van der Waals surface area contributed by atoms with Crippen molar-refractivity contribution >= 4 is 33.2 Å². The van der Waals surface area contributed by atoms with Gasteiger partial charge in [0.15, 0.2) is 0 Å². The number of carboxylic acid groups (broad SMARTS) is 1. The summed E-state index contributed by atoms with van der Waals surface area (Å²) >= 11 is 5.09. The predicted octanol–water partition coefficient (Wildman–Crippen LogP) is 3.92. The molecule has 5 nitrogen and oxygen atoms in total. The highest BCUT2D eigenvalue weighted by Gasteiger charge is 2.39. The van der Waals surface area contributed by atoms with Gasteiger partial charge < -0.3 is 20.4 Å². The molecule has 0 unspecified atom stereocenters. The second-order valence-corrected chi connectivity index (χ2v) is 9.85. The lowest BCUT2D eigenvalue weighted by Crippen LogP contribution is -2.20. The fourth-order valence-electron chi connectivity index (χ4n) is 3.58. The van der Waals surface area contributed by atoms with E-state index >= 15 is 0 Å². The van der Waals surface area contributed by atoms with Crippen LogP contribution >= 0.6 is 27.3 Å². The van der Waals surface area contributed by atoms with Gasteiger partial charge in [0, 0.05) is 23.6 Å². The molecule has 4 N–H and O–H groups in total. The molecule has 1 heterocycles. The van der Waals surface area contributed by atoms with Crippen LogP contribution in [0, 0.1) is 11.8 Å². The van der Waals surface area contributed by atoms with E-state index in [1.54, 1.807) is 17.4 Å². The summed E-state index contributed by atoms with van der Waals surface area (Å²) in [7, 11) is 0. The van der Waals surface area contributed by atoms with Gasteiger partial charge in [0.1, 0.15) is 0 Å². The van der Waals surface area contributed by atoms with Crippen molar-refractivity contribution in [2.45, 2.75) is 63.3 Å². The third-order valence-corrected chi connectivity index (χ3v) is 6.81. The maximum absolute atomic E-state index is 10.5. The van der Waals surface area contributed by atoms with Crippen molar-refractivity contribution in [2.24, 2.45) is 11.8 Å². The van der Waals surface area contributed by atoms with Crippen LogP contribution in [0.5, 0.6) is 0 Å². The Labute approximate surface area is 178 Å². The molecule has 7 heteroatoms. The molecule has 1 aromatic heterocycles. The number of aliphatic hydroxyl groups is 3. The number of carbonyl (C=O) groups is 1. The zero-order chi connectivity index (χ0) is 20.5. The fourth-order valence-corrected chi connectivity index (χ4v) is 5.08. The number of aryl methyl sites for hydroxylation is 1. The average molecular weight is 473 g/mol. The van der Waals surface area contributed by atoms with Gasteiger partial charge in [0.25, 0.3) is 0 Å². The molecule has 2 rings (SSSR count). The Morgan fingerprint density at radius 1 is 1.29 bits per heavy atom. The van der Waals surface area contributed by atoms with E-state index < -0.39 is 24.3 Å². The van der Waals surface area contributed by atoms with Crippen LogP contribution in [0.2, 0.25) is 0 Å². The van der Waals surface area contributed by atoms with Crippen molar-refractivity contribution in [3.8, 4) is 0 Å². The summed E-state index contributed by atoms with van der Waals surface area (Å²) in [4.78, 5) is 11.7. The van der Waals surface area contributed by atoms with Crippen LogP contribution in [-0.4, -0.2) is 44.7 Å². The van der Waals surface area contributed by atoms with Crippen molar-refractivity contribution in [3.63, 3.8) is 0 Å². The first-order chi connectivity index (χ1) is 13.4. The zero-order valence-corrected chi connectivity index (χ0v) is 18.2. The van der Waals surface area contributed by atoms with Gasteiger partial charge in [-0.25, -0.2) is 0 Å². The van der Waals surface area contributed by atoms with Crippen LogP contribution in [0.25, 0.3) is 0 Å². The van der Waals surface area contributed by atoms with E-state index in [0.717, 1.165) is 10.2 Å². The third-order valence-electron chi connectivity index (χ3n) is 5.12. The number of unbranched alkanes of at least 4 members (excludes halogenated alkanes) is 1. The molecular weight excluding hydrogens is 444 g/mol. The van der Waals surface area contributed by atoms with Crippen molar-refractivity contribution in [1.82, 2.24) is 0 Å². The molecule has 5 atom stereocenters. The predicted molar refractivity (Wildman–Crippen MR) is 114 cm³/mol. The van der Waals surface area contributed by atoms with Crippen LogP contribution in [0.4, 0.5) is 0 Å². The Bertz CT molecular complexity index is 672. The van der Waals surface area contributed by atoms with Crippen LogP contribution < -0.4 is 0 Å². The molecule has 28 heavy (non-hydrogen) atoms. The van der Waals surface area contributed by atoms with Crippen LogP contribution in [0.15, 0.2) is 40.2 Å². The number of allylic oxidation sites excluding steroid dienone is 2. The summed E-state index contributed by atoms with van der Waals surface area (Å²) in [6.45, 7) is 0. The molecule has 0 aliphatic heterocycles. The Kier molecular flexibility index (Phi) is 9.88. The molecule has 1 fully saturated rings. The van der Waals surface area contributed by atoms with E-state index in [1.807, 2.05) is 30.4 Å². The lowest BCUT2D eigenvalue weighted by molar-refractivity contribution is -0.137. The molecule has 0 saturated heterocycles. The van der Waals surface area contributed by atoms with Crippen LogP contribution in [0.1, 0.15) is 43.4 Å². The molecule has 1 aliphatic rings. The first-order valence-electron chi connectivity index (χ1n) is 9.70. The number of aliphatic hydroxyl groups excluding tert-OH is 3. The van der Waals surface area contributed by atoms with E-state index in [-0.39, 0.29) is 18.3 Å². The van der Waals surface area contributed by atoms with E-state index in [1.165, 1.54) is 4.88 Å². The molecule has 156 valence electrons. The first-order valence-corrected chi connectivity index (χ1v) is 11.3. The minimum absolute atomic E-state index is 0.0950. The number of halogens is 1. The van der Waals surface area contributed by atoms with Crippen LogP contribution in [0.3, 0.4) is 0 Å². The van der Waals surface area contributed by atoms with Gasteiger partial charge in [-0.3, -0.25) is 4.79 Å². The number of hydrogen-bond donors (Lipinski definition) is 4. The Morgan fingerprint density at radius 2 is 2.07 bits per heavy atom. The Balaban J connectivity index is 1.81. The number of carboxylic acids is 1. The minimum Gasteiger partial charge on any atom is -0.481 e. The third kappa shape index (κ3) is 7.79. The second-order valence-electron chi connectivity index (χ2n) is 7.30. The molecule has 1 aliphatic carbocycles. The highest BCUT2D eigenvalue weighted by atomic mass is 79.9. The molecule has 1 aromatic rings. The number of rotatable bonds is 11. The highest BCUT2D eigenvalue weighted by Crippen LogP contribution is 2.36. The number of thiophene rings is 1. The van der Waals surface area contributed by atoms with E-state index in [0.29, 0.717) is 32.1 Å². The lowest BCUT2D eigenvalue weighted by Gasteiger charge is -2.19. The Hall–Kier alpha value is -0.990. The summed E-state index contributed by atoms with van der Waals surface area (Å²) in [6, 6.07) is 4.04. The summed E-state index contributed by atoms with van der Waals surface area (Å²) in [5, 5.41) is 39.4. The van der Waals surface area contributed by atoms with Gasteiger partial charge in [-0.05, 0) is 66.1 Å². The van der Waals surface area contributed by atoms with Crippen molar-refractivity contribution in [1.29, 1.82) is 0 Å². The molecule has 1 saturated carbocycles. The van der Waals surface area contributed by atoms with Gasteiger partial charge in [-0.2, -0.15) is 0 Å². The normalized spacial score (nSPS) is 26.4. The summed E-state index contributed by atoms with van der Waals surface area (Å²) in [5.74, 6) is -1.08. The van der Waals surface area contributed by atoms with E-state index in [9.17, 15) is 20.1 Å². The summed E-state index contributed by atoms with van der Waals surface area (Å²) < 4.78 is 1.08. The van der Waals surface area contributed by atoms with Crippen molar-refractivity contribution < 1.29 is 25.2 Å². The SMILES string of the molecule is O=C(O)CCC/C=C\C[C@@H]1[C@@H](/C=C/[C@@H](O)CCc2ccc(Br)s2)[C@H](O)C[C@@H]1O. The highest BCUT2D eigenvalue weighted by molar-refractivity contribution is 9.11. The molecule has 0 amide bonds. The largest absolute Gasteiger partial charge is 0.481 e. The average Bonchev–Trinajstić information content (AvgIpc) is 3.16. The summed E-state index contributed by atoms with van der Waals surface area (Å²) in [6.07, 6.45) is 9.51. The topological polar surface area (TPSA) is 98.0 Å². The minimum atomic E-state index is -0.793. The smallest absolute Gasteiger partial charge is 0.303 e. The molecular formula is C21H29BrO5S. The van der Waals surface area contributed by atoms with Gasteiger partial charge in [0.2, 0.25) is 0 Å². The fraction of sp³-hybridized carbons (Fsp3) is 0.571. The zero-order valence-electron chi connectivity index (χ0n) is 15.8. The molecule has 0 bridgehead atoms. The van der Waals surface area contributed by atoms with Crippen molar-refractivity contribution in [3.05, 3.63) is 45.1 Å². The van der Waals surface area contributed by atoms with E-state index in [4.69, 9.17) is 5.11 Å². The maximum atomic E-state index is 10.5. The molecule has 0 aromatic carbocycles. The van der Waals surface area contributed by atoms with Gasteiger partial charge in [-0.1, -0.05) is 24.3 Å². The van der Waals surface area contributed by atoms with Crippen LogP contribution in [-0.2, 0) is 11.2 Å². The number of aliphatic carboxylic acids is 1. The van der Waals surface area contributed by atoms with Crippen molar-refractivity contribution in [2.75, 3.05) is 0 Å². The Morgan fingerprint density at radius 3 is 2.75 bits per heavy atom. The monoisotopic (exact) mass is 472 g/mol. The number of hydrogen-bond acceptors (Lipinski definition) is 5. The van der Waals surface area contributed by atoms with Gasteiger partial charge in [-0.15, -0.1) is 11.3 Å². The quantitative estimate of drug-likeness (QED) is 0.289. The second kappa shape index (κ2) is 11.9. The maximum Gasteiger partial charge on any atom is 0.303 e. The van der Waals surface area contributed by atoms with Gasteiger partial charge >= 0.3 is 5.97 Å². The lowest BCUT2D eigenvalue weighted by atomic mass is 9.89. The first kappa shape index (κ1) is 23.3. The molecule has 0 spiro atoms.